The second-order valence-electron chi connectivity index (χ2n) is 1.77. The molecule has 0 fully saturated rings. The number of rotatable bonds is 4. The third-order valence-electron chi connectivity index (χ3n) is 0.858. The Morgan fingerprint density at radius 3 is 2.67 bits per heavy atom. The minimum atomic E-state index is 0.160. The predicted molar refractivity (Wildman–Crippen MR) is 39.5 cm³/mol. The molecule has 0 heterocycles. The number of hydrogen-bond acceptors (Lipinski definition) is 3. The first-order chi connectivity index (χ1) is 4.27. The lowest BCUT2D eigenvalue weighted by atomic mass is 10.4. The lowest BCUT2D eigenvalue weighted by Crippen LogP contribution is -1.88. The molecule has 0 aliphatic rings. The standard InChI is InChI=1S/C6H12O2S/c1-6(8)9-5-3-2-4-7/h7H,2-5H2,1H3. The second kappa shape index (κ2) is 6.11. The molecular weight excluding hydrogens is 136 g/mol. The Morgan fingerprint density at radius 2 is 2.22 bits per heavy atom. The molecule has 9 heavy (non-hydrogen) atoms. The number of aliphatic hydroxyl groups is 1. The monoisotopic (exact) mass is 148 g/mol. The highest BCUT2D eigenvalue weighted by Gasteiger charge is 1.91. The first kappa shape index (κ1) is 8.98. The maximum Gasteiger partial charge on any atom is 0.185 e. The fourth-order valence-electron chi connectivity index (χ4n) is 0.430. The van der Waals surface area contributed by atoms with Gasteiger partial charge in [0.2, 0.25) is 0 Å². The van der Waals surface area contributed by atoms with Gasteiger partial charge in [0.05, 0.1) is 0 Å². The summed E-state index contributed by atoms with van der Waals surface area (Å²) in [4.78, 5) is 10.3. The molecule has 0 atom stereocenters. The van der Waals surface area contributed by atoms with Crippen LogP contribution in [0.2, 0.25) is 0 Å². The minimum absolute atomic E-state index is 0.160. The van der Waals surface area contributed by atoms with Crippen molar-refractivity contribution < 1.29 is 9.90 Å². The highest BCUT2D eigenvalue weighted by atomic mass is 32.2. The van der Waals surface area contributed by atoms with Crippen LogP contribution in [0.1, 0.15) is 19.8 Å². The van der Waals surface area contributed by atoms with Gasteiger partial charge in [0.1, 0.15) is 0 Å². The molecule has 0 aromatic rings. The molecule has 0 amide bonds. The zero-order valence-corrected chi connectivity index (χ0v) is 6.41. The highest BCUT2D eigenvalue weighted by Crippen LogP contribution is 2.04. The maximum absolute atomic E-state index is 10.3. The second-order valence-corrected chi connectivity index (χ2v) is 3.04. The smallest absolute Gasteiger partial charge is 0.185 e. The van der Waals surface area contributed by atoms with Crippen LogP contribution in [0, 0.1) is 0 Å². The largest absolute Gasteiger partial charge is 0.396 e. The van der Waals surface area contributed by atoms with E-state index >= 15 is 0 Å². The Morgan fingerprint density at radius 1 is 1.56 bits per heavy atom. The van der Waals surface area contributed by atoms with E-state index in [1.54, 1.807) is 6.92 Å². The average molecular weight is 148 g/mol. The molecule has 0 radical (unpaired) electrons. The highest BCUT2D eigenvalue weighted by molar-refractivity contribution is 8.13. The van der Waals surface area contributed by atoms with Gasteiger partial charge in [-0.3, -0.25) is 4.79 Å². The van der Waals surface area contributed by atoms with E-state index in [4.69, 9.17) is 5.11 Å². The van der Waals surface area contributed by atoms with E-state index in [-0.39, 0.29) is 11.7 Å². The van der Waals surface area contributed by atoms with Crippen LogP contribution in [0.4, 0.5) is 0 Å². The van der Waals surface area contributed by atoms with Crippen molar-refractivity contribution in [1.82, 2.24) is 0 Å². The summed E-state index contributed by atoms with van der Waals surface area (Å²) in [5, 5.41) is 8.50. The van der Waals surface area contributed by atoms with Crippen molar-refractivity contribution in [3.8, 4) is 0 Å². The Hall–Kier alpha value is -0.0200. The van der Waals surface area contributed by atoms with Crippen LogP contribution in [-0.2, 0) is 4.79 Å². The summed E-state index contributed by atoms with van der Waals surface area (Å²) < 4.78 is 0. The summed E-state index contributed by atoms with van der Waals surface area (Å²) in [6, 6.07) is 0. The Labute approximate surface area is 59.6 Å². The van der Waals surface area contributed by atoms with E-state index in [2.05, 4.69) is 0 Å². The minimum Gasteiger partial charge on any atom is -0.396 e. The van der Waals surface area contributed by atoms with Gasteiger partial charge in [-0.25, -0.2) is 0 Å². The molecule has 0 bridgehead atoms. The van der Waals surface area contributed by atoms with Gasteiger partial charge >= 0.3 is 0 Å². The van der Waals surface area contributed by atoms with Gasteiger partial charge in [-0.05, 0) is 12.8 Å². The number of unbranched alkanes of at least 4 members (excludes halogenated alkanes) is 1. The molecule has 0 rings (SSSR count). The summed E-state index contributed by atoms with van der Waals surface area (Å²) in [6.07, 6.45) is 1.74. The van der Waals surface area contributed by atoms with E-state index in [1.165, 1.54) is 11.8 Å². The van der Waals surface area contributed by atoms with Crippen molar-refractivity contribution in [2.75, 3.05) is 12.4 Å². The molecule has 1 N–H and O–H groups in total. The van der Waals surface area contributed by atoms with E-state index in [0.717, 1.165) is 18.6 Å². The molecular formula is C6H12O2S. The third kappa shape index (κ3) is 7.98. The molecule has 2 nitrogen and oxygen atoms in total. The lowest BCUT2D eigenvalue weighted by molar-refractivity contribution is -0.109. The first-order valence-electron chi connectivity index (χ1n) is 3.01. The Balaban J connectivity index is 2.83. The van der Waals surface area contributed by atoms with E-state index in [1.807, 2.05) is 0 Å². The van der Waals surface area contributed by atoms with Crippen LogP contribution in [0.5, 0.6) is 0 Å². The van der Waals surface area contributed by atoms with Crippen molar-refractivity contribution in [2.24, 2.45) is 0 Å². The van der Waals surface area contributed by atoms with Crippen LogP contribution in [0.3, 0.4) is 0 Å². The molecule has 0 spiro atoms. The molecule has 0 saturated carbocycles. The topological polar surface area (TPSA) is 37.3 Å². The van der Waals surface area contributed by atoms with Gasteiger partial charge in [-0.1, -0.05) is 11.8 Å². The van der Waals surface area contributed by atoms with E-state index < -0.39 is 0 Å². The fraction of sp³-hybridized carbons (Fsp3) is 0.833. The number of aliphatic hydroxyl groups excluding tert-OH is 1. The molecule has 0 aliphatic heterocycles. The van der Waals surface area contributed by atoms with Crippen LogP contribution < -0.4 is 0 Å². The zero-order valence-electron chi connectivity index (χ0n) is 5.59. The average Bonchev–Trinajstić information content (AvgIpc) is 1.80. The van der Waals surface area contributed by atoms with E-state index in [9.17, 15) is 4.79 Å². The number of carbonyl (C=O) groups excluding carboxylic acids is 1. The third-order valence-corrected chi connectivity index (χ3v) is 1.76. The summed E-state index contributed by atoms with van der Waals surface area (Å²) in [5.74, 6) is 0.843. The number of thioether (sulfide) groups is 1. The maximum atomic E-state index is 10.3. The van der Waals surface area contributed by atoms with Gasteiger partial charge in [0.15, 0.2) is 5.12 Å². The number of hydrogen-bond donors (Lipinski definition) is 1. The molecule has 3 heteroatoms. The SMILES string of the molecule is CC(=O)SCCCCO. The Bertz CT molecular complexity index is 83.1. The van der Waals surface area contributed by atoms with Crippen molar-refractivity contribution in [2.45, 2.75) is 19.8 Å². The van der Waals surface area contributed by atoms with Crippen LogP contribution >= 0.6 is 11.8 Å². The molecule has 0 aliphatic carbocycles. The van der Waals surface area contributed by atoms with Crippen LogP contribution in [-0.4, -0.2) is 22.6 Å². The van der Waals surface area contributed by atoms with Gasteiger partial charge in [0.25, 0.3) is 0 Å². The lowest BCUT2D eigenvalue weighted by Gasteiger charge is -1.93. The van der Waals surface area contributed by atoms with Crippen molar-refractivity contribution in [1.29, 1.82) is 0 Å². The molecule has 0 aromatic heterocycles. The van der Waals surface area contributed by atoms with Crippen molar-refractivity contribution >= 4 is 16.9 Å². The Kier molecular flexibility index (Phi) is 6.09. The predicted octanol–water partition coefficient (Wildman–Crippen LogP) is 1.04. The molecule has 0 saturated heterocycles. The summed E-state index contributed by atoms with van der Waals surface area (Å²) in [7, 11) is 0. The van der Waals surface area contributed by atoms with Gasteiger partial charge < -0.3 is 5.11 Å². The van der Waals surface area contributed by atoms with Crippen molar-refractivity contribution in [3.63, 3.8) is 0 Å². The van der Waals surface area contributed by atoms with E-state index in [0.29, 0.717) is 0 Å². The first-order valence-corrected chi connectivity index (χ1v) is 4.00. The quantitative estimate of drug-likeness (QED) is 0.605. The van der Waals surface area contributed by atoms with Gasteiger partial charge in [-0.2, -0.15) is 0 Å². The summed E-state index contributed by atoms with van der Waals surface area (Å²) in [6.45, 7) is 1.79. The summed E-state index contributed by atoms with van der Waals surface area (Å²) >= 11 is 1.32. The fourth-order valence-corrected chi connectivity index (χ4v) is 1.07. The summed E-state index contributed by atoms with van der Waals surface area (Å²) in [5.41, 5.74) is 0. The molecule has 54 valence electrons. The van der Waals surface area contributed by atoms with Gasteiger partial charge in [-0.15, -0.1) is 0 Å². The van der Waals surface area contributed by atoms with Crippen LogP contribution in [0.25, 0.3) is 0 Å². The molecule has 0 unspecified atom stereocenters. The zero-order chi connectivity index (χ0) is 7.11. The molecule has 0 aromatic carbocycles. The van der Waals surface area contributed by atoms with Crippen LogP contribution in [0.15, 0.2) is 0 Å². The normalized spacial score (nSPS) is 9.56. The number of carbonyl (C=O) groups is 1. The van der Waals surface area contributed by atoms with Gasteiger partial charge in [0, 0.05) is 19.3 Å². The van der Waals surface area contributed by atoms with Crippen molar-refractivity contribution in [3.05, 3.63) is 0 Å².